The van der Waals surface area contributed by atoms with Crippen LogP contribution in [0, 0.1) is 6.92 Å². The number of aryl methyl sites for hydroxylation is 1. The number of para-hydroxylation sites is 1. The van der Waals surface area contributed by atoms with Crippen LogP contribution in [0.1, 0.15) is 64.3 Å². The summed E-state index contributed by atoms with van der Waals surface area (Å²) in [7, 11) is 1.39. The first-order valence-corrected chi connectivity index (χ1v) is 16.1. The van der Waals surface area contributed by atoms with Gasteiger partial charge in [0.25, 0.3) is 0 Å². The molecule has 0 spiro atoms. The number of ether oxygens (including phenoxy) is 4. The fourth-order valence-corrected chi connectivity index (χ4v) is 6.24. The molecule has 0 N–H and O–H groups in total. The van der Waals surface area contributed by atoms with Crippen LogP contribution in [0.25, 0.3) is 28.0 Å². The molecule has 2 aromatic carbocycles. The molecule has 0 aliphatic carbocycles. The molecule has 2 aromatic heterocycles. The monoisotopic (exact) mass is 624 g/mol. The Hall–Kier alpha value is -4.21. The van der Waals surface area contributed by atoms with Crippen molar-refractivity contribution in [2.45, 2.75) is 71.2 Å². The molecular formula is C37H44N4O5. The van der Waals surface area contributed by atoms with Gasteiger partial charge >= 0.3 is 5.97 Å². The molecule has 46 heavy (non-hydrogen) atoms. The van der Waals surface area contributed by atoms with Crippen molar-refractivity contribution in [1.82, 2.24) is 14.6 Å². The number of carbonyl (C=O) groups excluding carboxylic acids is 1. The van der Waals surface area contributed by atoms with Crippen molar-refractivity contribution in [2.24, 2.45) is 0 Å². The standard InChI is InChI=1S/C37H44N4O5/c1-25-32(33(35(42)43-6)46-36(2,3)4)34-40-19-17-37(5,18-20-40)45-22-11-7-10-21-44-30-16-9-8-15-28(30)26-13-12-14-27(23-26)29-24-31(38-25)41(34)39-29/h7-9,11-16,23-24,33H,10,17-22H2,1-6H3/b11-7-/t33-/m0/s1. The van der Waals surface area contributed by atoms with Crippen molar-refractivity contribution in [1.29, 1.82) is 0 Å². The largest absolute Gasteiger partial charge is 0.493 e. The number of benzene rings is 2. The Kier molecular flexibility index (Phi) is 8.90. The van der Waals surface area contributed by atoms with Crippen molar-refractivity contribution in [3.63, 3.8) is 0 Å². The summed E-state index contributed by atoms with van der Waals surface area (Å²) in [5.74, 6) is 1.16. The summed E-state index contributed by atoms with van der Waals surface area (Å²) in [6.45, 7) is 12.4. The van der Waals surface area contributed by atoms with E-state index in [2.05, 4.69) is 48.2 Å². The number of aromatic nitrogens is 3. The van der Waals surface area contributed by atoms with Gasteiger partial charge in [-0.3, -0.25) is 0 Å². The summed E-state index contributed by atoms with van der Waals surface area (Å²) in [4.78, 5) is 20.6. The lowest BCUT2D eigenvalue weighted by Crippen LogP contribution is -2.45. The quantitative estimate of drug-likeness (QED) is 0.176. The molecule has 9 heteroatoms. The van der Waals surface area contributed by atoms with E-state index in [1.165, 1.54) is 7.11 Å². The second kappa shape index (κ2) is 12.9. The van der Waals surface area contributed by atoms with E-state index in [-0.39, 0.29) is 5.60 Å². The van der Waals surface area contributed by atoms with Crippen LogP contribution in [0.3, 0.4) is 0 Å². The van der Waals surface area contributed by atoms with Gasteiger partial charge in [0.15, 0.2) is 11.8 Å². The van der Waals surface area contributed by atoms with E-state index in [9.17, 15) is 4.79 Å². The van der Waals surface area contributed by atoms with Gasteiger partial charge in [-0.2, -0.15) is 9.61 Å². The topological polar surface area (TPSA) is 87.4 Å². The van der Waals surface area contributed by atoms with Crippen molar-refractivity contribution in [2.75, 3.05) is 38.3 Å². The van der Waals surface area contributed by atoms with Gasteiger partial charge < -0.3 is 23.8 Å². The number of esters is 1. The molecule has 7 rings (SSSR count). The fraction of sp³-hybridized carbons (Fsp3) is 0.432. The number of carbonyl (C=O) groups is 1. The van der Waals surface area contributed by atoms with E-state index in [0.717, 1.165) is 53.2 Å². The SMILES string of the molecule is COC(=O)[C@@H](OC(C)(C)C)c1c(C)nc2cc3nn2c1N1CCC(C)(CC1)OC/C=C\CCOc1ccccc1-c1cccc-3c1. The van der Waals surface area contributed by atoms with Gasteiger partial charge in [-0.25, -0.2) is 9.78 Å². The van der Waals surface area contributed by atoms with Crippen LogP contribution in [0.15, 0.2) is 66.7 Å². The third-order valence-corrected chi connectivity index (χ3v) is 8.67. The zero-order valence-electron chi connectivity index (χ0n) is 27.7. The third-order valence-electron chi connectivity index (χ3n) is 8.67. The Labute approximate surface area is 271 Å². The molecule has 6 bridgehead atoms. The summed E-state index contributed by atoms with van der Waals surface area (Å²) in [6, 6.07) is 18.4. The highest BCUT2D eigenvalue weighted by atomic mass is 16.6. The molecular weight excluding hydrogens is 580 g/mol. The van der Waals surface area contributed by atoms with E-state index < -0.39 is 17.7 Å². The maximum atomic E-state index is 13.4. The smallest absolute Gasteiger partial charge is 0.339 e. The number of fused-ring (bicyclic) bond motifs is 7. The van der Waals surface area contributed by atoms with E-state index in [0.29, 0.717) is 43.2 Å². The molecule has 1 saturated heterocycles. The molecule has 3 aliphatic heterocycles. The number of hydrogen-bond donors (Lipinski definition) is 0. The molecule has 0 unspecified atom stereocenters. The third kappa shape index (κ3) is 6.66. The Morgan fingerprint density at radius 2 is 1.78 bits per heavy atom. The predicted molar refractivity (Wildman–Crippen MR) is 179 cm³/mol. The van der Waals surface area contributed by atoms with Crippen LogP contribution in [0.4, 0.5) is 5.82 Å². The lowest BCUT2D eigenvalue weighted by atomic mass is 9.92. The van der Waals surface area contributed by atoms with Crippen molar-refractivity contribution < 1.29 is 23.7 Å². The number of anilines is 1. The first kappa shape index (κ1) is 31.8. The minimum absolute atomic E-state index is 0.280. The van der Waals surface area contributed by atoms with Crippen molar-refractivity contribution >= 4 is 17.4 Å². The number of rotatable bonds is 3. The lowest BCUT2D eigenvalue weighted by molar-refractivity contribution is -0.164. The molecule has 3 aliphatic rings. The van der Waals surface area contributed by atoms with Gasteiger partial charge in [-0.1, -0.05) is 48.6 Å². The van der Waals surface area contributed by atoms with Crippen LogP contribution in [-0.2, 0) is 19.0 Å². The van der Waals surface area contributed by atoms with Crippen LogP contribution in [0.5, 0.6) is 5.75 Å². The van der Waals surface area contributed by atoms with Gasteiger partial charge in [-0.05, 0) is 71.6 Å². The molecule has 1 atom stereocenters. The van der Waals surface area contributed by atoms with E-state index >= 15 is 0 Å². The average Bonchev–Trinajstić information content (AvgIpc) is 3.46. The number of piperidine rings is 1. The molecule has 0 amide bonds. The van der Waals surface area contributed by atoms with Crippen LogP contribution in [0.2, 0.25) is 0 Å². The number of methoxy groups -OCH3 is 1. The first-order chi connectivity index (χ1) is 22.0. The summed E-state index contributed by atoms with van der Waals surface area (Å²) < 4.78 is 26.2. The molecule has 0 saturated carbocycles. The fourth-order valence-electron chi connectivity index (χ4n) is 6.24. The first-order valence-electron chi connectivity index (χ1n) is 16.1. The Morgan fingerprint density at radius 3 is 2.54 bits per heavy atom. The predicted octanol–water partition coefficient (Wildman–Crippen LogP) is 7.12. The Balaban J connectivity index is 1.54. The average molecular weight is 625 g/mol. The summed E-state index contributed by atoms with van der Waals surface area (Å²) >= 11 is 0. The highest BCUT2D eigenvalue weighted by Gasteiger charge is 2.38. The second-order valence-corrected chi connectivity index (χ2v) is 13.3. The highest BCUT2D eigenvalue weighted by molar-refractivity contribution is 5.81. The van der Waals surface area contributed by atoms with Crippen LogP contribution < -0.4 is 9.64 Å². The van der Waals surface area contributed by atoms with Gasteiger partial charge in [0.1, 0.15) is 11.6 Å². The van der Waals surface area contributed by atoms with E-state index in [1.807, 2.05) is 62.5 Å². The van der Waals surface area contributed by atoms with Gasteiger partial charge in [0.05, 0.1) is 42.8 Å². The lowest BCUT2D eigenvalue weighted by Gasteiger charge is -2.41. The van der Waals surface area contributed by atoms with Crippen molar-refractivity contribution in [3.8, 4) is 28.1 Å². The second-order valence-electron chi connectivity index (χ2n) is 13.3. The Bertz CT molecular complexity index is 1750. The zero-order valence-corrected chi connectivity index (χ0v) is 27.7. The van der Waals surface area contributed by atoms with Gasteiger partial charge in [-0.15, -0.1) is 0 Å². The number of hydrogen-bond acceptors (Lipinski definition) is 8. The van der Waals surface area contributed by atoms with E-state index in [1.54, 1.807) is 0 Å². The van der Waals surface area contributed by atoms with Gasteiger partial charge in [0.2, 0.25) is 0 Å². The highest BCUT2D eigenvalue weighted by Crippen LogP contribution is 2.39. The molecule has 0 radical (unpaired) electrons. The summed E-state index contributed by atoms with van der Waals surface area (Å²) in [5.41, 5.74) is 4.95. The van der Waals surface area contributed by atoms with Crippen LogP contribution >= 0.6 is 0 Å². The molecule has 5 heterocycles. The maximum absolute atomic E-state index is 13.4. The van der Waals surface area contributed by atoms with Crippen LogP contribution in [-0.4, -0.2) is 65.2 Å². The van der Waals surface area contributed by atoms with Crippen molar-refractivity contribution in [3.05, 3.63) is 78.0 Å². The minimum atomic E-state index is -0.982. The molecule has 1 fully saturated rings. The zero-order chi connectivity index (χ0) is 32.5. The molecule has 242 valence electrons. The Morgan fingerprint density at radius 1 is 1.02 bits per heavy atom. The van der Waals surface area contributed by atoms with E-state index in [4.69, 9.17) is 29.0 Å². The molecule has 9 nitrogen and oxygen atoms in total. The van der Waals surface area contributed by atoms with Gasteiger partial charge in [0, 0.05) is 36.0 Å². The summed E-state index contributed by atoms with van der Waals surface area (Å²) in [5, 5.41) is 5.15. The molecule has 4 aromatic rings. The summed E-state index contributed by atoms with van der Waals surface area (Å²) in [6.07, 6.45) is 5.63. The number of nitrogens with zero attached hydrogens (tertiary/aromatic N) is 4. The minimum Gasteiger partial charge on any atom is -0.493 e. The maximum Gasteiger partial charge on any atom is 0.339 e. The normalized spacial score (nSPS) is 18.1.